The van der Waals surface area contributed by atoms with E-state index in [4.69, 9.17) is 15.4 Å². The van der Waals surface area contributed by atoms with Crippen molar-refractivity contribution in [2.45, 2.75) is 13.3 Å². The van der Waals surface area contributed by atoms with Crippen LogP contribution in [0.2, 0.25) is 0 Å². The number of furan rings is 1. The van der Waals surface area contributed by atoms with E-state index in [1.807, 2.05) is 6.92 Å². The zero-order valence-corrected chi connectivity index (χ0v) is 11.3. The molecule has 0 saturated carbocycles. The highest BCUT2D eigenvalue weighted by Crippen LogP contribution is 2.18. The van der Waals surface area contributed by atoms with Gasteiger partial charge in [-0.05, 0) is 30.3 Å². The fourth-order valence-electron chi connectivity index (χ4n) is 1.71. The number of aryl methyl sites for hydroxylation is 1. The maximum absolute atomic E-state index is 13.9. The van der Waals surface area contributed by atoms with Crippen LogP contribution in [-0.4, -0.2) is 17.0 Å². The Morgan fingerprint density at radius 1 is 1.43 bits per heavy atom. The topological polar surface area (TPSA) is 101 Å². The van der Waals surface area contributed by atoms with E-state index < -0.39 is 11.7 Å². The van der Waals surface area contributed by atoms with Crippen molar-refractivity contribution in [1.29, 1.82) is 0 Å². The monoisotopic (exact) mass is 291 g/mol. The summed E-state index contributed by atoms with van der Waals surface area (Å²) in [7, 11) is 0. The smallest absolute Gasteiger partial charge is 0.291 e. The largest absolute Gasteiger partial charge is 0.456 e. The number of rotatable bonds is 4. The first-order valence-electron chi connectivity index (χ1n) is 6.22. The second-order valence-electron chi connectivity index (χ2n) is 4.25. The van der Waals surface area contributed by atoms with Crippen LogP contribution >= 0.6 is 0 Å². The molecule has 1 aromatic heterocycles. The van der Waals surface area contributed by atoms with Crippen LogP contribution in [0.25, 0.3) is 0 Å². The van der Waals surface area contributed by atoms with E-state index in [1.54, 1.807) is 6.07 Å². The third kappa shape index (κ3) is 3.19. The van der Waals surface area contributed by atoms with Gasteiger partial charge in [0.2, 0.25) is 0 Å². The van der Waals surface area contributed by atoms with E-state index in [9.17, 15) is 9.18 Å². The standard InChI is InChI=1S/C14H14FN3O3/c1-2-9-4-6-12(21-9)14(19)17-11-5-3-8(7-10(11)15)13(16)18-20/h3-7,20H,2H2,1H3,(H2,16,18)(H,17,19). The van der Waals surface area contributed by atoms with Crippen LogP contribution in [-0.2, 0) is 6.42 Å². The molecule has 1 heterocycles. The molecule has 0 aliphatic heterocycles. The molecular formula is C14H14FN3O3. The Bertz CT molecular complexity index is 695. The number of carbonyl (C=O) groups excluding carboxylic acids is 1. The lowest BCUT2D eigenvalue weighted by molar-refractivity contribution is 0.0994. The van der Waals surface area contributed by atoms with Crippen molar-refractivity contribution in [3.8, 4) is 0 Å². The van der Waals surface area contributed by atoms with Crippen LogP contribution in [0.3, 0.4) is 0 Å². The molecular weight excluding hydrogens is 277 g/mol. The SMILES string of the molecule is CCc1ccc(C(=O)Nc2ccc(/C(N)=N/O)cc2F)o1. The number of halogens is 1. The second kappa shape index (κ2) is 6.08. The van der Waals surface area contributed by atoms with Crippen molar-refractivity contribution < 1.29 is 18.8 Å². The molecule has 0 atom stereocenters. The average Bonchev–Trinajstić information content (AvgIpc) is 2.97. The first kappa shape index (κ1) is 14.6. The highest BCUT2D eigenvalue weighted by Gasteiger charge is 2.14. The van der Waals surface area contributed by atoms with Gasteiger partial charge in [0, 0.05) is 12.0 Å². The Morgan fingerprint density at radius 3 is 2.76 bits per heavy atom. The summed E-state index contributed by atoms with van der Waals surface area (Å²) in [6, 6.07) is 7.02. The zero-order valence-electron chi connectivity index (χ0n) is 11.3. The molecule has 1 amide bonds. The molecule has 0 fully saturated rings. The van der Waals surface area contributed by atoms with Crippen molar-refractivity contribution in [2.24, 2.45) is 10.9 Å². The lowest BCUT2D eigenvalue weighted by atomic mass is 10.2. The van der Waals surface area contributed by atoms with Gasteiger partial charge < -0.3 is 20.7 Å². The fraction of sp³-hybridized carbons (Fsp3) is 0.143. The molecule has 0 unspecified atom stereocenters. The maximum Gasteiger partial charge on any atom is 0.291 e. The van der Waals surface area contributed by atoms with Crippen molar-refractivity contribution in [1.82, 2.24) is 0 Å². The first-order chi connectivity index (χ1) is 10.0. The molecule has 0 spiro atoms. The summed E-state index contributed by atoms with van der Waals surface area (Å²) in [5.41, 5.74) is 5.54. The molecule has 0 bridgehead atoms. The van der Waals surface area contributed by atoms with Gasteiger partial charge in [0.25, 0.3) is 5.91 Å². The number of nitrogens with two attached hydrogens (primary N) is 1. The molecule has 21 heavy (non-hydrogen) atoms. The summed E-state index contributed by atoms with van der Waals surface area (Å²) >= 11 is 0. The number of hydrogen-bond acceptors (Lipinski definition) is 4. The highest BCUT2D eigenvalue weighted by atomic mass is 19.1. The van der Waals surface area contributed by atoms with E-state index in [-0.39, 0.29) is 22.8 Å². The molecule has 110 valence electrons. The summed E-state index contributed by atoms with van der Waals surface area (Å²) in [4.78, 5) is 11.9. The quantitative estimate of drug-likeness (QED) is 0.348. The van der Waals surface area contributed by atoms with Gasteiger partial charge in [0.1, 0.15) is 11.6 Å². The molecule has 0 aliphatic carbocycles. The molecule has 0 saturated heterocycles. The highest BCUT2D eigenvalue weighted by molar-refractivity contribution is 6.03. The minimum absolute atomic E-state index is 0.0241. The summed E-state index contributed by atoms with van der Waals surface area (Å²) in [5.74, 6) is -0.695. The number of amides is 1. The second-order valence-corrected chi connectivity index (χ2v) is 4.25. The van der Waals surface area contributed by atoms with E-state index in [0.29, 0.717) is 12.2 Å². The van der Waals surface area contributed by atoms with Crippen LogP contribution in [0, 0.1) is 5.82 Å². The summed E-state index contributed by atoms with van der Waals surface area (Å²) in [6.07, 6.45) is 0.663. The van der Waals surface area contributed by atoms with Gasteiger partial charge >= 0.3 is 0 Å². The van der Waals surface area contributed by atoms with Gasteiger partial charge in [0.15, 0.2) is 11.6 Å². The Labute approximate surface area is 120 Å². The average molecular weight is 291 g/mol. The van der Waals surface area contributed by atoms with Crippen molar-refractivity contribution in [2.75, 3.05) is 5.32 Å². The number of amidine groups is 1. The number of oxime groups is 1. The van der Waals surface area contributed by atoms with Crippen molar-refractivity contribution in [3.05, 3.63) is 53.2 Å². The number of hydrogen-bond donors (Lipinski definition) is 3. The third-order valence-electron chi connectivity index (χ3n) is 2.85. The molecule has 7 heteroatoms. The van der Waals surface area contributed by atoms with Crippen LogP contribution in [0.15, 0.2) is 39.9 Å². The molecule has 4 N–H and O–H groups in total. The van der Waals surface area contributed by atoms with Crippen LogP contribution in [0.5, 0.6) is 0 Å². The molecule has 6 nitrogen and oxygen atoms in total. The number of carbonyl (C=O) groups is 1. The van der Waals surface area contributed by atoms with E-state index >= 15 is 0 Å². The summed E-state index contributed by atoms with van der Waals surface area (Å²) in [5, 5.41) is 13.7. The molecule has 0 radical (unpaired) electrons. The summed E-state index contributed by atoms with van der Waals surface area (Å²) < 4.78 is 19.1. The normalized spacial score (nSPS) is 11.4. The van der Waals surface area contributed by atoms with Crippen molar-refractivity contribution >= 4 is 17.4 Å². The van der Waals surface area contributed by atoms with Crippen LogP contribution < -0.4 is 11.1 Å². The lowest BCUT2D eigenvalue weighted by Gasteiger charge is -2.06. The minimum Gasteiger partial charge on any atom is -0.456 e. The van der Waals surface area contributed by atoms with Gasteiger partial charge in [0.05, 0.1) is 5.69 Å². The van der Waals surface area contributed by atoms with Crippen molar-refractivity contribution in [3.63, 3.8) is 0 Å². The van der Waals surface area contributed by atoms with E-state index in [2.05, 4.69) is 10.5 Å². The van der Waals surface area contributed by atoms with Crippen LogP contribution in [0.1, 0.15) is 28.8 Å². The number of anilines is 1. The maximum atomic E-state index is 13.9. The number of nitrogens with one attached hydrogen (secondary N) is 1. The number of nitrogens with zero attached hydrogens (tertiary/aromatic N) is 1. The Morgan fingerprint density at radius 2 is 2.19 bits per heavy atom. The summed E-state index contributed by atoms with van der Waals surface area (Å²) in [6.45, 7) is 1.89. The zero-order chi connectivity index (χ0) is 15.4. The van der Waals surface area contributed by atoms with E-state index in [1.165, 1.54) is 18.2 Å². The van der Waals surface area contributed by atoms with Gasteiger partial charge in [-0.3, -0.25) is 4.79 Å². The Kier molecular flexibility index (Phi) is 4.22. The first-order valence-corrected chi connectivity index (χ1v) is 6.22. The fourth-order valence-corrected chi connectivity index (χ4v) is 1.71. The van der Waals surface area contributed by atoms with Crippen LogP contribution in [0.4, 0.5) is 10.1 Å². The van der Waals surface area contributed by atoms with E-state index in [0.717, 1.165) is 6.07 Å². The minimum atomic E-state index is -0.699. The molecule has 1 aromatic carbocycles. The Balaban J connectivity index is 2.18. The number of benzene rings is 1. The molecule has 2 rings (SSSR count). The van der Waals surface area contributed by atoms with Gasteiger partial charge in [-0.2, -0.15) is 0 Å². The molecule has 0 aliphatic rings. The van der Waals surface area contributed by atoms with Gasteiger partial charge in [-0.25, -0.2) is 4.39 Å². The Hall–Kier alpha value is -2.83. The van der Waals surface area contributed by atoms with Gasteiger partial charge in [-0.15, -0.1) is 0 Å². The molecule has 2 aromatic rings. The third-order valence-corrected chi connectivity index (χ3v) is 2.85. The lowest BCUT2D eigenvalue weighted by Crippen LogP contribution is -2.15. The predicted molar refractivity (Wildman–Crippen MR) is 75.0 cm³/mol. The van der Waals surface area contributed by atoms with Gasteiger partial charge in [-0.1, -0.05) is 12.1 Å². The predicted octanol–water partition coefficient (Wildman–Crippen LogP) is 2.33.